The van der Waals surface area contributed by atoms with Crippen LogP contribution in [0.1, 0.15) is 29.2 Å². The van der Waals surface area contributed by atoms with E-state index >= 15 is 0 Å². The minimum atomic E-state index is -0.827. The smallest absolute Gasteiger partial charge is 0.325 e. The van der Waals surface area contributed by atoms with Crippen LogP contribution in [0.2, 0.25) is 0 Å². The van der Waals surface area contributed by atoms with Gasteiger partial charge in [0.05, 0.1) is 10.7 Å². The summed E-state index contributed by atoms with van der Waals surface area (Å²) in [6.45, 7) is 2.61. The molecule has 2 aromatic rings. The van der Waals surface area contributed by atoms with Crippen LogP contribution in [0.4, 0.5) is 0 Å². The first-order chi connectivity index (χ1) is 9.11. The molecule has 0 aliphatic carbocycles. The average Bonchev–Trinajstić information content (AvgIpc) is 3.00. The molecule has 2 aromatic heterocycles. The third-order valence-electron chi connectivity index (χ3n) is 2.85. The van der Waals surface area contributed by atoms with Crippen LogP contribution in [0.15, 0.2) is 22.2 Å². The lowest BCUT2D eigenvalue weighted by molar-refractivity contribution is -0.143. The molecule has 102 valence electrons. The van der Waals surface area contributed by atoms with Crippen molar-refractivity contribution < 1.29 is 9.90 Å². The van der Waals surface area contributed by atoms with Crippen LogP contribution in [0.25, 0.3) is 0 Å². The predicted molar refractivity (Wildman–Crippen MR) is 77.7 cm³/mol. The van der Waals surface area contributed by atoms with Gasteiger partial charge >= 0.3 is 5.97 Å². The molecule has 1 N–H and O–H groups in total. The molecule has 0 saturated heterocycles. The van der Waals surface area contributed by atoms with Crippen molar-refractivity contribution in [3.63, 3.8) is 0 Å². The summed E-state index contributed by atoms with van der Waals surface area (Å²) in [5, 5.41) is 16.3. The number of carboxylic acid groups (broad SMARTS) is 1. The molecule has 19 heavy (non-hydrogen) atoms. The first-order valence-electron chi connectivity index (χ1n) is 6.00. The number of carboxylic acids is 1. The molecule has 2 rings (SSSR count). The highest BCUT2D eigenvalue weighted by Gasteiger charge is 2.25. The largest absolute Gasteiger partial charge is 0.480 e. The van der Waals surface area contributed by atoms with Crippen LogP contribution in [-0.4, -0.2) is 28.0 Å². The van der Waals surface area contributed by atoms with E-state index in [2.05, 4.69) is 11.9 Å². The fourth-order valence-corrected chi connectivity index (χ4v) is 3.36. The summed E-state index contributed by atoms with van der Waals surface area (Å²) >= 11 is 3.14. The first-order valence-corrected chi connectivity index (χ1v) is 7.82. The Hall–Kier alpha value is -1.24. The summed E-state index contributed by atoms with van der Waals surface area (Å²) in [6.07, 6.45) is 0.918. The van der Waals surface area contributed by atoms with Gasteiger partial charge < -0.3 is 5.11 Å². The molecule has 6 heteroatoms. The van der Waals surface area contributed by atoms with Crippen LogP contribution in [0.3, 0.4) is 0 Å². The van der Waals surface area contributed by atoms with Crippen LogP contribution in [-0.2, 0) is 17.8 Å². The molecule has 0 spiro atoms. The molecule has 2 heterocycles. The number of aliphatic carboxylic acids is 1. The molecule has 0 aromatic carbocycles. The SMILES string of the molecule is CCc1nc(CN(C)C(C(=O)O)c2ccsc2)cs1. The summed E-state index contributed by atoms with van der Waals surface area (Å²) in [5.74, 6) is -0.827. The van der Waals surface area contributed by atoms with Gasteiger partial charge in [0.2, 0.25) is 0 Å². The Morgan fingerprint density at radius 3 is 2.84 bits per heavy atom. The second-order valence-corrected chi connectivity index (χ2v) is 6.02. The second-order valence-electron chi connectivity index (χ2n) is 4.30. The summed E-state index contributed by atoms with van der Waals surface area (Å²) in [4.78, 5) is 17.7. The summed E-state index contributed by atoms with van der Waals surface area (Å²) < 4.78 is 0. The number of aromatic nitrogens is 1. The molecule has 0 radical (unpaired) electrons. The number of aryl methyl sites for hydroxylation is 1. The molecule has 1 unspecified atom stereocenters. The van der Waals surface area contributed by atoms with Gasteiger partial charge in [0, 0.05) is 11.9 Å². The monoisotopic (exact) mass is 296 g/mol. The number of hydrogen-bond donors (Lipinski definition) is 1. The van der Waals surface area contributed by atoms with E-state index in [0.717, 1.165) is 22.7 Å². The lowest BCUT2D eigenvalue weighted by atomic mass is 10.1. The third-order valence-corrected chi connectivity index (χ3v) is 4.59. The number of thiazole rings is 1. The van der Waals surface area contributed by atoms with Gasteiger partial charge in [0.15, 0.2) is 0 Å². The number of nitrogens with zero attached hydrogens (tertiary/aromatic N) is 2. The van der Waals surface area contributed by atoms with Gasteiger partial charge in [-0.3, -0.25) is 9.69 Å². The maximum absolute atomic E-state index is 11.4. The van der Waals surface area contributed by atoms with E-state index in [-0.39, 0.29) is 0 Å². The lowest BCUT2D eigenvalue weighted by Crippen LogP contribution is -2.30. The van der Waals surface area contributed by atoms with Crippen LogP contribution < -0.4 is 0 Å². The zero-order valence-corrected chi connectivity index (χ0v) is 12.5. The zero-order chi connectivity index (χ0) is 13.8. The fraction of sp³-hybridized carbons (Fsp3) is 0.385. The fourth-order valence-electron chi connectivity index (χ4n) is 1.95. The lowest BCUT2D eigenvalue weighted by Gasteiger charge is -2.23. The zero-order valence-electron chi connectivity index (χ0n) is 10.9. The molecule has 0 aliphatic heterocycles. The summed E-state index contributed by atoms with van der Waals surface area (Å²) in [5.41, 5.74) is 1.76. The standard InChI is InChI=1S/C13H16N2O2S2/c1-3-11-14-10(8-19-11)6-15(2)12(13(16)17)9-4-5-18-7-9/h4-5,7-8,12H,3,6H2,1-2H3,(H,16,17). The topological polar surface area (TPSA) is 53.4 Å². The van der Waals surface area contributed by atoms with Crippen LogP contribution in [0.5, 0.6) is 0 Å². The van der Waals surface area contributed by atoms with Crippen molar-refractivity contribution >= 4 is 28.6 Å². The maximum atomic E-state index is 11.4. The highest BCUT2D eigenvalue weighted by Crippen LogP contribution is 2.24. The van der Waals surface area contributed by atoms with E-state index in [9.17, 15) is 9.90 Å². The van der Waals surface area contributed by atoms with Crippen molar-refractivity contribution in [1.29, 1.82) is 0 Å². The number of hydrogen-bond acceptors (Lipinski definition) is 5. The Morgan fingerprint density at radius 1 is 1.53 bits per heavy atom. The summed E-state index contributed by atoms with van der Waals surface area (Å²) in [6, 6.07) is 1.25. The molecule has 0 bridgehead atoms. The Balaban J connectivity index is 2.12. The van der Waals surface area contributed by atoms with Gasteiger partial charge in [0.25, 0.3) is 0 Å². The predicted octanol–water partition coefficient (Wildman–Crippen LogP) is 3.02. The Bertz CT molecular complexity index is 537. The van der Waals surface area contributed by atoms with Gasteiger partial charge in [-0.2, -0.15) is 11.3 Å². The summed E-state index contributed by atoms with van der Waals surface area (Å²) in [7, 11) is 1.82. The van der Waals surface area contributed by atoms with Crippen molar-refractivity contribution in [2.45, 2.75) is 25.9 Å². The quantitative estimate of drug-likeness (QED) is 0.890. The Morgan fingerprint density at radius 2 is 2.32 bits per heavy atom. The Kier molecular flexibility index (Phi) is 4.68. The molecular formula is C13H16N2O2S2. The molecule has 0 fully saturated rings. The second kappa shape index (κ2) is 6.27. The van der Waals surface area contributed by atoms with Crippen molar-refractivity contribution in [1.82, 2.24) is 9.88 Å². The van der Waals surface area contributed by atoms with Crippen molar-refractivity contribution in [3.8, 4) is 0 Å². The van der Waals surface area contributed by atoms with E-state index in [1.807, 2.05) is 34.2 Å². The van der Waals surface area contributed by atoms with Gasteiger partial charge in [0.1, 0.15) is 6.04 Å². The van der Waals surface area contributed by atoms with E-state index in [4.69, 9.17) is 0 Å². The highest BCUT2D eigenvalue weighted by atomic mass is 32.1. The average molecular weight is 296 g/mol. The Labute approximate surface area is 120 Å². The number of carbonyl (C=O) groups is 1. The first kappa shape index (κ1) is 14.2. The molecule has 0 saturated carbocycles. The van der Waals surface area contributed by atoms with E-state index in [0.29, 0.717) is 6.54 Å². The minimum Gasteiger partial charge on any atom is -0.480 e. The van der Waals surface area contributed by atoms with Crippen molar-refractivity contribution in [2.24, 2.45) is 0 Å². The van der Waals surface area contributed by atoms with E-state index < -0.39 is 12.0 Å². The van der Waals surface area contributed by atoms with Crippen molar-refractivity contribution in [2.75, 3.05) is 7.05 Å². The van der Waals surface area contributed by atoms with Gasteiger partial charge in [-0.05, 0) is 35.9 Å². The van der Waals surface area contributed by atoms with Gasteiger partial charge in [-0.25, -0.2) is 4.98 Å². The molecule has 0 amide bonds. The highest BCUT2D eigenvalue weighted by molar-refractivity contribution is 7.09. The van der Waals surface area contributed by atoms with E-state index in [1.165, 1.54) is 11.3 Å². The molecular weight excluding hydrogens is 280 g/mol. The molecule has 0 aliphatic rings. The van der Waals surface area contributed by atoms with Gasteiger partial charge in [-0.1, -0.05) is 6.92 Å². The third kappa shape index (κ3) is 3.40. The van der Waals surface area contributed by atoms with Crippen LogP contribution in [0, 0.1) is 0 Å². The van der Waals surface area contributed by atoms with Crippen molar-refractivity contribution in [3.05, 3.63) is 38.5 Å². The van der Waals surface area contributed by atoms with Crippen LogP contribution >= 0.6 is 22.7 Å². The number of thiophene rings is 1. The molecule has 4 nitrogen and oxygen atoms in total. The maximum Gasteiger partial charge on any atom is 0.325 e. The number of rotatable bonds is 6. The normalized spacial score (nSPS) is 12.8. The molecule has 1 atom stereocenters. The minimum absolute atomic E-state index is 0.545. The van der Waals surface area contributed by atoms with E-state index in [1.54, 1.807) is 11.3 Å². The van der Waals surface area contributed by atoms with Gasteiger partial charge in [-0.15, -0.1) is 11.3 Å². The number of likely N-dealkylation sites (N-methyl/N-ethyl adjacent to an activating group) is 1.